The van der Waals surface area contributed by atoms with Crippen LogP contribution in [0, 0.1) is 0 Å². The van der Waals surface area contributed by atoms with Crippen molar-refractivity contribution in [2.75, 3.05) is 0 Å². The molecule has 1 heterocycles. The van der Waals surface area contributed by atoms with E-state index in [1.165, 1.54) is 0 Å². The van der Waals surface area contributed by atoms with Crippen LogP contribution in [0.15, 0.2) is 32.8 Å². The molecule has 0 saturated heterocycles. The highest BCUT2D eigenvalue weighted by Gasteiger charge is 2.44. The predicted molar refractivity (Wildman–Crippen MR) is 64.2 cm³/mol. The molecule has 1 aromatic heterocycles. The number of nitrogens with zero attached hydrogens (tertiary/aromatic N) is 1. The molecule has 0 spiro atoms. The van der Waals surface area contributed by atoms with Gasteiger partial charge < -0.3 is 9.97 Å². The lowest BCUT2D eigenvalue weighted by atomic mass is 10.0. The molecule has 0 atom stereocenters. The summed E-state index contributed by atoms with van der Waals surface area (Å²) in [6.07, 6.45) is 3.17. The van der Waals surface area contributed by atoms with Crippen LogP contribution >= 0.6 is 0 Å². The normalized spacial score (nSPS) is 16.2. The van der Waals surface area contributed by atoms with Crippen LogP contribution < -0.4 is 11.1 Å². The van der Waals surface area contributed by atoms with Crippen LogP contribution in [0.4, 0.5) is 0 Å². The maximum absolute atomic E-state index is 11.3. The number of isocyanates is 1. The lowest BCUT2D eigenvalue weighted by Gasteiger charge is -2.08. The summed E-state index contributed by atoms with van der Waals surface area (Å²) in [7, 11) is 0. The minimum absolute atomic E-state index is 0.483. The number of hydrogen-bond acceptors (Lipinski definition) is 4. The summed E-state index contributed by atoms with van der Waals surface area (Å²) in [6.45, 7) is 0. The fourth-order valence-electron chi connectivity index (χ4n) is 2.08. The van der Waals surface area contributed by atoms with E-state index in [4.69, 9.17) is 0 Å². The first-order chi connectivity index (χ1) is 8.64. The maximum Gasteiger partial charge on any atom is 0.314 e. The molecule has 0 radical (unpaired) electrons. The Balaban J connectivity index is 2.23. The molecule has 2 aromatic rings. The number of hydrogen-bond donors (Lipinski definition) is 2. The van der Waals surface area contributed by atoms with Crippen molar-refractivity contribution < 1.29 is 4.79 Å². The number of carbonyl (C=O) groups excluding carboxylic acids is 1. The van der Waals surface area contributed by atoms with E-state index in [0.29, 0.717) is 11.0 Å². The van der Waals surface area contributed by atoms with Gasteiger partial charge in [-0.1, -0.05) is 6.07 Å². The van der Waals surface area contributed by atoms with Crippen molar-refractivity contribution in [2.24, 2.45) is 4.99 Å². The zero-order valence-corrected chi connectivity index (χ0v) is 9.32. The van der Waals surface area contributed by atoms with Crippen molar-refractivity contribution >= 4 is 17.1 Å². The van der Waals surface area contributed by atoms with Gasteiger partial charge in [-0.05, 0) is 30.5 Å². The van der Waals surface area contributed by atoms with Crippen LogP contribution in [0.25, 0.3) is 11.0 Å². The Labute approximate surface area is 100 Å². The Kier molecular flexibility index (Phi) is 2.09. The van der Waals surface area contributed by atoms with Crippen molar-refractivity contribution in [3.05, 3.63) is 44.5 Å². The van der Waals surface area contributed by atoms with Crippen LogP contribution in [0.1, 0.15) is 18.4 Å². The number of aromatic nitrogens is 2. The number of aliphatic imine (C=N–C) groups is 1. The zero-order valence-electron chi connectivity index (χ0n) is 9.32. The van der Waals surface area contributed by atoms with Crippen LogP contribution in [-0.2, 0) is 10.3 Å². The molecule has 18 heavy (non-hydrogen) atoms. The van der Waals surface area contributed by atoms with E-state index in [-0.39, 0.29) is 0 Å². The third kappa shape index (κ3) is 1.51. The summed E-state index contributed by atoms with van der Waals surface area (Å²) in [5, 5.41) is 0. The van der Waals surface area contributed by atoms with Gasteiger partial charge in [-0.25, -0.2) is 4.79 Å². The number of H-pyrrole nitrogens is 2. The molecule has 0 unspecified atom stereocenters. The molecule has 0 bridgehead atoms. The highest BCUT2D eigenvalue weighted by atomic mass is 16.2. The van der Waals surface area contributed by atoms with Crippen molar-refractivity contribution in [1.82, 2.24) is 9.97 Å². The number of benzene rings is 1. The molecule has 3 rings (SSSR count). The van der Waals surface area contributed by atoms with Gasteiger partial charge in [0.2, 0.25) is 6.08 Å². The highest BCUT2D eigenvalue weighted by molar-refractivity contribution is 5.75. The first-order valence-corrected chi connectivity index (χ1v) is 5.50. The van der Waals surface area contributed by atoms with Gasteiger partial charge in [0.15, 0.2) is 0 Å². The third-order valence-corrected chi connectivity index (χ3v) is 3.24. The summed E-state index contributed by atoms with van der Waals surface area (Å²) in [6, 6.07) is 5.23. The Morgan fingerprint density at radius 1 is 1.11 bits per heavy atom. The molecule has 0 amide bonds. The van der Waals surface area contributed by atoms with Crippen molar-refractivity contribution in [1.29, 1.82) is 0 Å². The van der Waals surface area contributed by atoms with Gasteiger partial charge in [-0.2, -0.15) is 4.99 Å². The Hall–Kier alpha value is -2.46. The highest BCUT2D eigenvalue weighted by Crippen LogP contribution is 2.49. The average Bonchev–Trinajstić information content (AvgIpc) is 3.11. The Morgan fingerprint density at radius 2 is 1.78 bits per heavy atom. The van der Waals surface area contributed by atoms with Gasteiger partial charge in [0, 0.05) is 0 Å². The van der Waals surface area contributed by atoms with E-state index < -0.39 is 16.7 Å². The standard InChI is InChI=1S/C12H9N3O3/c16-6-13-12(3-4-12)7-1-2-8-9(5-7)15-11(18)10(17)14-8/h1-2,5H,3-4H2,(H,14,17)(H,15,18). The SMILES string of the molecule is O=C=NC1(c2ccc3[nH]c(=O)c(=O)[nH]c3c2)CC1. The second-order valence-electron chi connectivity index (χ2n) is 4.40. The van der Waals surface area contributed by atoms with Gasteiger partial charge in [-0.3, -0.25) is 9.59 Å². The molecular formula is C12H9N3O3. The lowest BCUT2D eigenvalue weighted by molar-refractivity contribution is 0.556. The quantitative estimate of drug-likeness (QED) is 0.458. The minimum Gasteiger partial charge on any atom is -0.316 e. The average molecular weight is 243 g/mol. The number of aromatic amines is 2. The van der Waals surface area contributed by atoms with Crippen molar-refractivity contribution in [3.63, 3.8) is 0 Å². The molecular weight excluding hydrogens is 234 g/mol. The molecule has 6 nitrogen and oxygen atoms in total. The lowest BCUT2D eigenvalue weighted by Crippen LogP contribution is -2.29. The number of rotatable bonds is 2. The summed E-state index contributed by atoms with van der Waals surface area (Å²) >= 11 is 0. The molecule has 6 heteroatoms. The fraction of sp³-hybridized carbons (Fsp3) is 0.250. The van der Waals surface area contributed by atoms with Crippen molar-refractivity contribution in [3.8, 4) is 0 Å². The monoisotopic (exact) mass is 243 g/mol. The smallest absolute Gasteiger partial charge is 0.314 e. The molecule has 2 N–H and O–H groups in total. The van der Waals surface area contributed by atoms with Gasteiger partial charge >= 0.3 is 11.1 Å². The molecule has 1 aromatic carbocycles. The predicted octanol–water partition coefficient (Wildman–Crippen LogP) is 0.541. The first kappa shape index (κ1) is 10.7. The largest absolute Gasteiger partial charge is 0.316 e. The fourth-order valence-corrected chi connectivity index (χ4v) is 2.08. The summed E-state index contributed by atoms with van der Waals surface area (Å²) in [5.74, 6) is 0. The Bertz CT molecular complexity index is 792. The van der Waals surface area contributed by atoms with Crippen LogP contribution in [-0.4, -0.2) is 16.0 Å². The van der Waals surface area contributed by atoms with Crippen LogP contribution in [0.2, 0.25) is 0 Å². The third-order valence-electron chi connectivity index (χ3n) is 3.24. The molecule has 1 fully saturated rings. The molecule has 0 aliphatic heterocycles. The van der Waals surface area contributed by atoms with Crippen LogP contribution in [0.5, 0.6) is 0 Å². The Morgan fingerprint density at radius 3 is 2.39 bits per heavy atom. The van der Waals surface area contributed by atoms with E-state index in [0.717, 1.165) is 18.4 Å². The number of nitrogens with one attached hydrogen (secondary N) is 2. The van der Waals surface area contributed by atoms with Crippen molar-refractivity contribution in [2.45, 2.75) is 18.4 Å². The summed E-state index contributed by atoms with van der Waals surface area (Å²) < 4.78 is 0. The van der Waals surface area contributed by atoms with Gasteiger partial charge in [0.05, 0.1) is 16.6 Å². The zero-order chi connectivity index (χ0) is 12.8. The van der Waals surface area contributed by atoms with Crippen LogP contribution in [0.3, 0.4) is 0 Å². The van der Waals surface area contributed by atoms with Gasteiger partial charge in [0.25, 0.3) is 0 Å². The molecule has 1 aliphatic rings. The second-order valence-corrected chi connectivity index (χ2v) is 4.40. The number of fused-ring (bicyclic) bond motifs is 1. The van der Waals surface area contributed by atoms with E-state index in [1.807, 2.05) is 0 Å². The van der Waals surface area contributed by atoms with E-state index in [2.05, 4.69) is 15.0 Å². The summed E-state index contributed by atoms with van der Waals surface area (Å²) in [5.41, 5.74) is 0.0774. The van der Waals surface area contributed by atoms with Gasteiger partial charge in [0.1, 0.15) is 0 Å². The van der Waals surface area contributed by atoms with Gasteiger partial charge in [-0.15, -0.1) is 0 Å². The second kappa shape index (κ2) is 3.51. The van der Waals surface area contributed by atoms with E-state index in [9.17, 15) is 14.4 Å². The topological polar surface area (TPSA) is 95.2 Å². The maximum atomic E-state index is 11.3. The molecule has 90 valence electrons. The molecule has 1 aliphatic carbocycles. The summed E-state index contributed by atoms with van der Waals surface area (Å²) in [4.78, 5) is 41.6. The van der Waals surface area contributed by atoms with E-state index in [1.54, 1.807) is 24.3 Å². The first-order valence-electron chi connectivity index (χ1n) is 5.50. The molecule has 1 saturated carbocycles. The minimum atomic E-state index is -0.691. The van der Waals surface area contributed by atoms with E-state index >= 15 is 0 Å².